The molecule has 0 N–H and O–H groups in total. The molecule has 1 saturated heterocycles. The van der Waals surface area contributed by atoms with Crippen LogP contribution in [0.1, 0.15) is 18.0 Å². The number of aromatic nitrogens is 1. The lowest BCUT2D eigenvalue weighted by molar-refractivity contribution is -0.133. The van der Waals surface area contributed by atoms with Crippen molar-refractivity contribution < 1.29 is 13.2 Å². The van der Waals surface area contributed by atoms with Crippen LogP contribution in [0.4, 0.5) is 0 Å². The second-order valence-electron chi connectivity index (χ2n) is 5.95. The Bertz CT molecular complexity index is 727. The monoisotopic (exact) mass is 367 g/mol. The summed E-state index contributed by atoms with van der Waals surface area (Å²) in [4.78, 5) is 14.5. The van der Waals surface area contributed by atoms with Crippen molar-refractivity contribution in [2.75, 3.05) is 32.4 Å². The molecule has 0 unspecified atom stereocenters. The van der Waals surface area contributed by atoms with E-state index in [-0.39, 0.29) is 11.9 Å². The first-order valence-corrected chi connectivity index (χ1v) is 10.6. The fourth-order valence-corrected chi connectivity index (χ4v) is 4.51. The van der Waals surface area contributed by atoms with E-state index < -0.39 is 10.0 Å². The highest BCUT2D eigenvalue weighted by atomic mass is 32.2. The van der Waals surface area contributed by atoms with Gasteiger partial charge in [-0.2, -0.15) is 15.6 Å². The molecule has 1 aliphatic rings. The van der Waals surface area contributed by atoms with Crippen LogP contribution in [0.2, 0.25) is 0 Å². The van der Waals surface area contributed by atoms with Gasteiger partial charge in [0, 0.05) is 38.6 Å². The average molecular weight is 367 g/mol. The minimum Gasteiger partial charge on any atom is -0.346 e. The Kier molecular flexibility index (Phi) is 5.07. The van der Waals surface area contributed by atoms with E-state index >= 15 is 0 Å². The summed E-state index contributed by atoms with van der Waals surface area (Å²) in [5, 5.41) is 4.08. The molecule has 3 rings (SSSR count). The third kappa shape index (κ3) is 3.88. The summed E-state index contributed by atoms with van der Waals surface area (Å²) in [5.74, 6) is 0.0630. The van der Waals surface area contributed by atoms with Gasteiger partial charge in [-0.05, 0) is 34.5 Å². The molecule has 1 atom stereocenters. The lowest BCUT2D eigenvalue weighted by Crippen LogP contribution is -2.50. The number of hydrogen-bond acceptors (Lipinski definition) is 4. The fourth-order valence-electron chi connectivity index (χ4n) is 2.98. The highest BCUT2D eigenvalue weighted by molar-refractivity contribution is 7.88. The van der Waals surface area contributed by atoms with Gasteiger partial charge in [-0.15, -0.1) is 0 Å². The highest BCUT2D eigenvalue weighted by Crippen LogP contribution is 2.25. The van der Waals surface area contributed by atoms with Gasteiger partial charge >= 0.3 is 0 Å². The minimum absolute atomic E-state index is 0.0216. The number of nitrogens with zero attached hydrogens (tertiary/aromatic N) is 3. The van der Waals surface area contributed by atoms with E-state index in [1.54, 1.807) is 16.2 Å². The molecular formula is C16H21N3O3S2. The minimum atomic E-state index is -3.18. The number of sulfonamides is 1. The van der Waals surface area contributed by atoms with Crippen molar-refractivity contribution in [3.63, 3.8) is 0 Å². The summed E-state index contributed by atoms with van der Waals surface area (Å²) >= 11 is 1.62. The third-order valence-electron chi connectivity index (χ3n) is 4.34. The summed E-state index contributed by atoms with van der Waals surface area (Å²) in [6.45, 7) is 1.65. The summed E-state index contributed by atoms with van der Waals surface area (Å²) < 4.78 is 26.6. The van der Waals surface area contributed by atoms with E-state index in [4.69, 9.17) is 0 Å². The van der Waals surface area contributed by atoms with Crippen LogP contribution in [-0.4, -0.2) is 60.5 Å². The van der Waals surface area contributed by atoms with E-state index in [0.717, 1.165) is 5.56 Å². The number of hydrogen-bond donors (Lipinski definition) is 0. The standard InChI is InChI=1S/C16H21N3O3S2/c1-24(21,22)19-9-7-18(8-10-19)16(20)12-15(14-4-11-23-13-14)17-5-2-3-6-17/h2-6,11,13,15H,7-10,12H2,1H3/t15-/m1/s1. The summed E-state index contributed by atoms with van der Waals surface area (Å²) in [6, 6.07) is 5.93. The highest BCUT2D eigenvalue weighted by Gasteiger charge is 2.28. The molecule has 2 aromatic heterocycles. The molecule has 0 aromatic carbocycles. The van der Waals surface area contributed by atoms with Crippen LogP contribution in [0.3, 0.4) is 0 Å². The van der Waals surface area contributed by atoms with Crippen LogP contribution in [0.15, 0.2) is 41.4 Å². The van der Waals surface area contributed by atoms with Crippen LogP contribution in [-0.2, 0) is 14.8 Å². The van der Waals surface area contributed by atoms with Gasteiger partial charge in [-0.3, -0.25) is 4.79 Å². The zero-order valence-corrected chi connectivity index (χ0v) is 15.2. The van der Waals surface area contributed by atoms with Crippen molar-refractivity contribution in [3.05, 3.63) is 46.9 Å². The molecule has 1 amide bonds. The van der Waals surface area contributed by atoms with E-state index in [0.29, 0.717) is 32.6 Å². The Morgan fingerprint density at radius 2 is 1.88 bits per heavy atom. The van der Waals surface area contributed by atoms with Gasteiger partial charge in [0.25, 0.3) is 0 Å². The maximum absolute atomic E-state index is 12.7. The molecular weight excluding hydrogens is 346 g/mol. The molecule has 0 saturated carbocycles. The van der Waals surface area contributed by atoms with Crippen molar-refractivity contribution >= 4 is 27.3 Å². The fraction of sp³-hybridized carbons (Fsp3) is 0.438. The lowest BCUT2D eigenvalue weighted by Gasteiger charge is -2.34. The predicted octanol–water partition coefficient (Wildman–Crippen LogP) is 1.63. The molecule has 130 valence electrons. The van der Waals surface area contributed by atoms with E-state index in [2.05, 4.69) is 5.38 Å². The second-order valence-corrected chi connectivity index (χ2v) is 8.71. The Hall–Kier alpha value is -1.64. The molecule has 8 heteroatoms. The van der Waals surface area contributed by atoms with Crippen molar-refractivity contribution in [1.29, 1.82) is 0 Å². The van der Waals surface area contributed by atoms with Crippen LogP contribution in [0.25, 0.3) is 0 Å². The molecule has 3 heterocycles. The van der Waals surface area contributed by atoms with Gasteiger partial charge in [-0.25, -0.2) is 8.42 Å². The average Bonchev–Trinajstić information content (AvgIpc) is 3.25. The van der Waals surface area contributed by atoms with E-state index in [1.807, 2.05) is 40.5 Å². The largest absolute Gasteiger partial charge is 0.346 e. The summed E-state index contributed by atoms with van der Waals surface area (Å²) in [7, 11) is -3.18. The number of piperazine rings is 1. The first kappa shape index (κ1) is 17.2. The summed E-state index contributed by atoms with van der Waals surface area (Å²) in [6.07, 6.45) is 5.53. The number of carbonyl (C=O) groups is 1. The Labute approximate surface area is 146 Å². The normalized spacial score (nSPS) is 17.8. The van der Waals surface area contributed by atoms with Crippen LogP contribution in [0, 0.1) is 0 Å². The van der Waals surface area contributed by atoms with Crippen molar-refractivity contribution in [2.45, 2.75) is 12.5 Å². The molecule has 0 aliphatic carbocycles. The van der Waals surface area contributed by atoms with Gasteiger partial charge < -0.3 is 9.47 Å². The third-order valence-corrected chi connectivity index (χ3v) is 6.35. The van der Waals surface area contributed by atoms with Crippen molar-refractivity contribution in [2.24, 2.45) is 0 Å². The van der Waals surface area contributed by atoms with Gasteiger partial charge in [0.1, 0.15) is 0 Å². The van der Waals surface area contributed by atoms with Crippen LogP contribution in [0.5, 0.6) is 0 Å². The zero-order valence-electron chi connectivity index (χ0n) is 13.5. The second kappa shape index (κ2) is 7.08. The predicted molar refractivity (Wildman–Crippen MR) is 94.5 cm³/mol. The maximum Gasteiger partial charge on any atom is 0.225 e. The van der Waals surface area contributed by atoms with Crippen LogP contribution < -0.4 is 0 Å². The van der Waals surface area contributed by atoms with Gasteiger partial charge in [0.15, 0.2) is 0 Å². The number of carbonyl (C=O) groups excluding carboxylic acids is 1. The Morgan fingerprint density at radius 3 is 2.42 bits per heavy atom. The number of thiophene rings is 1. The molecule has 2 aromatic rings. The molecule has 1 aliphatic heterocycles. The molecule has 6 nitrogen and oxygen atoms in total. The molecule has 0 radical (unpaired) electrons. The maximum atomic E-state index is 12.7. The Balaban J connectivity index is 1.67. The SMILES string of the molecule is CS(=O)(=O)N1CCN(C(=O)C[C@H](c2ccsc2)n2cccc2)CC1. The van der Waals surface area contributed by atoms with E-state index in [9.17, 15) is 13.2 Å². The van der Waals surface area contributed by atoms with Crippen LogP contribution >= 0.6 is 11.3 Å². The van der Waals surface area contributed by atoms with Crippen molar-refractivity contribution in [1.82, 2.24) is 13.8 Å². The first-order valence-electron chi connectivity index (χ1n) is 7.82. The summed E-state index contributed by atoms with van der Waals surface area (Å²) in [5.41, 5.74) is 1.12. The van der Waals surface area contributed by atoms with Crippen molar-refractivity contribution in [3.8, 4) is 0 Å². The van der Waals surface area contributed by atoms with Gasteiger partial charge in [0.05, 0.1) is 18.7 Å². The first-order chi connectivity index (χ1) is 11.4. The topological polar surface area (TPSA) is 62.6 Å². The lowest BCUT2D eigenvalue weighted by atomic mass is 10.1. The molecule has 24 heavy (non-hydrogen) atoms. The zero-order chi connectivity index (χ0) is 17.2. The Morgan fingerprint density at radius 1 is 1.21 bits per heavy atom. The number of rotatable bonds is 5. The van der Waals surface area contributed by atoms with E-state index in [1.165, 1.54) is 10.6 Å². The molecule has 0 bridgehead atoms. The smallest absolute Gasteiger partial charge is 0.225 e. The molecule has 1 fully saturated rings. The number of amides is 1. The van der Waals surface area contributed by atoms with Gasteiger partial charge in [0.2, 0.25) is 15.9 Å². The quantitative estimate of drug-likeness (QED) is 0.807. The van der Waals surface area contributed by atoms with Gasteiger partial charge in [-0.1, -0.05) is 0 Å². The molecule has 0 spiro atoms.